The molecule has 3 aromatic rings. The molecule has 6 heteroatoms. The van der Waals surface area contributed by atoms with Crippen LogP contribution in [0, 0.1) is 5.82 Å². The monoisotopic (exact) mass is 421 g/mol. The van der Waals surface area contributed by atoms with Crippen LogP contribution >= 0.6 is 0 Å². The average molecular weight is 422 g/mol. The number of benzene rings is 2. The van der Waals surface area contributed by atoms with Gasteiger partial charge < -0.3 is 19.7 Å². The zero-order chi connectivity index (χ0) is 21.4. The molecular weight excluding hydrogens is 393 g/mol. The number of rotatable bonds is 5. The van der Waals surface area contributed by atoms with E-state index in [2.05, 4.69) is 16.3 Å². The Hall–Kier alpha value is -3.02. The van der Waals surface area contributed by atoms with Crippen molar-refractivity contribution in [2.75, 3.05) is 37.5 Å². The third-order valence-electron chi connectivity index (χ3n) is 6.55. The fourth-order valence-corrected chi connectivity index (χ4v) is 4.89. The van der Waals surface area contributed by atoms with Crippen LogP contribution in [0.15, 0.2) is 36.4 Å². The summed E-state index contributed by atoms with van der Waals surface area (Å²) in [5.41, 5.74) is 5.79. The molecule has 2 heterocycles. The Balaban J connectivity index is 1.42. The Bertz CT molecular complexity index is 1090. The van der Waals surface area contributed by atoms with E-state index < -0.39 is 0 Å². The molecule has 0 radical (unpaired) electrons. The van der Waals surface area contributed by atoms with Crippen LogP contribution in [-0.4, -0.2) is 38.3 Å². The molecule has 31 heavy (non-hydrogen) atoms. The summed E-state index contributed by atoms with van der Waals surface area (Å²) in [5, 5.41) is 4.97. The number of anilines is 2. The van der Waals surface area contributed by atoms with Gasteiger partial charge >= 0.3 is 0 Å². The first-order chi connectivity index (χ1) is 15.2. The van der Waals surface area contributed by atoms with Gasteiger partial charge in [0.1, 0.15) is 5.82 Å². The molecule has 0 amide bonds. The topological polar surface area (TPSA) is 46.6 Å². The Morgan fingerprint density at radius 3 is 2.42 bits per heavy atom. The molecule has 1 fully saturated rings. The molecule has 1 saturated heterocycles. The third-order valence-corrected chi connectivity index (χ3v) is 6.55. The minimum Gasteiger partial charge on any atom is -0.493 e. The summed E-state index contributed by atoms with van der Waals surface area (Å²) in [5.74, 6) is 1.24. The molecule has 162 valence electrons. The molecule has 1 aromatic heterocycles. The first-order valence-corrected chi connectivity index (χ1v) is 11.0. The smallest absolute Gasteiger partial charge is 0.162 e. The lowest BCUT2D eigenvalue weighted by Crippen LogP contribution is -2.39. The van der Waals surface area contributed by atoms with Gasteiger partial charge in [0.15, 0.2) is 11.5 Å². The number of hydrogen-bond donors (Lipinski definition) is 1. The van der Waals surface area contributed by atoms with Crippen molar-refractivity contribution in [1.82, 2.24) is 4.98 Å². The molecule has 1 aliphatic carbocycles. The molecule has 2 aliphatic rings. The second-order valence-electron chi connectivity index (χ2n) is 8.37. The quantitative estimate of drug-likeness (QED) is 0.631. The highest BCUT2D eigenvalue weighted by atomic mass is 19.1. The normalized spacial score (nSPS) is 16.4. The first-order valence-electron chi connectivity index (χ1n) is 11.0. The van der Waals surface area contributed by atoms with Crippen molar-refractivity contribution in [2.24, 2.45) is 0 Å². The molecule has 1 aliphatic heterocycles. The van der Waals surface area contributed by atoms with Gasteiger partial charge in [-0.05, 0) is 68.0 Å². The van der Waals surface area contributed by atoms with Crippen molar-refractivity contribution >= 4 is 22.3 Å². The van der Waals surface area contributed by atoms with Gasteiger partial charge in [0.05, 0.1) is 19.7 Å². The summed E-state index contributed by atoms with van der Waals surface area (Å²) >= 11 is 0. The van der Waals surface area contributed by atoms with Crippen LogP contribution in [0.5, 0.6) is 11.5 Å². The largest absolute Gasteiger partial charge is 0.493 e. The van der Waals surface area contributed by atoms with Crippen molar-refractivity contribution in [3.63, 3.8) is 0 Å². The molecule has 2 aromatic carbocycles. The Morgan fingerprint density at radius 1 is 1.00 bits per heavy atom. The predicted molar refractivity (Wildman–Crippen MR) is 122 cm³/mol. The van der Waals surface area contributed by atoms with E-state index in [1.54, 1.807) is 14.2 Å². The molecule has 1 N–H and O–H groups in total. The summed E-state index contributed by atoms with van der Waals surface area (Å²) in [6, 6.07) is 11.2. The van der Waals surface area contributed by atoms with Crippen molar-refractivity contribution in [3.05, 3.63) is 53.5 Å². The zero-order valence-corrected chi connectivity index (χ0v) is 18.1. The molecule has 0 atom stereocenters. The van der Waals surface area contributed by atoms with E-state index in [0.29, 0.717) is 11.8 Å². The van der Waals surface area contributed by atoms with Gasteiger partial charge in [0.25, 0.3) is 0 Å². The van der Waals surface area contributed by atoms with Gasteiger partial charge in [0.2, 0.25) is 0 Å². The van der Waals surface area contributed by atoms with Crippen molar-refractivity contribution in [3.8, 4) is 11.5 Å². The number of aromatic nitrogens is 1. The summed E-state index contributed by atoms with van der Waals surface area (Å²) < 4.78 is 24.3. The molecule has 5 nitrogen and oxygen atoms in total. The minimum absolute atomic E-state index is 0.189. The Kier molecular flexibility index (Phi) is 5.30. The number of nitrogens with one attached hydrogen (secondary N) is 1. The fraction of sp³-hybridized carbons (Fsp3) is 0.400. The van der Waals surface area contributed by atoms with Crippen LogP contribution in [-0.2, 0) is 12.8 Å². The maximum atomic E-state index is 13.2. The second kappa shape index (κ2) is 8.25. The lowest BCUT2D eigenvalue weighted by Gasteiger charge is -2.35. The van der Waals surface area contributed by atoms with E-state index >= 15 is 0 Å². The molecular formula is C25H28FN3O2. The number of piperidine rings is 1. The minimum atomic E-state index is -0.189. The number of nitrogens with zero attached hydrogens (tertiary/aromatic N) is 2. The van der Waals surface area contributed by atoms with Crippen molar-refractivity contribution < 1.29 is 13.9 Å². The van der Waals surface area contributed by atoms with E-state index in [1.165, 1.54) is 29.1 Å². The molecule has 0 bridgehead atoms. The van der Waals surface area contributed by atoms with Gasteiger partial charge in [-0.1, -0.05) is 0 Å². The summed E-state index contributed by atoms with van der Waals surface area (Å²) in [6.07, 6.45) is 5.29. The average Bonchev–Trinajstić information content (AvgIpc) is 3.27. The summed E-state index contributed by atoms with van der Waals surface area (Å²) in [6.45, 7) is 1.90. The highest BCUT2D eigenvalue weighted by Crippen LogP contribution is 2.40. The lowest BCUT2D eigenvalue weighted by atomic mass is 10.0. The van der Waals surface area contributed by atoms with Gasteiger partial charge in [-0.25, -0.2) is 4.39 Å². The summed E-state index contributed by atoms with van der Waals surface area (Å²) in [4.78, 5) is 7.27. The maximum Gasteiger partial charge on any atom is 0.162 e. The van der Waals surface area contributed by atoms with E-state index in [0.717, 1.165) is 67.5 Å². The predicted octanol–water partition coefficient (Wildman–Crippen LogP) is 4.96. The fourth-order valence-electron chi connectivity index (χ4n) is 4.89. The number of aryl methyl sites for hydroxylation is 1. The third kappa shape index (κ3) is 3.75. The standard InChI is InChI=1S/C25H28FN3O2/c1-30-23-14-20-22(15-24(23)31-2)28-21-5-3-4-19(21)25(20)27-17-10-12-29(13-11-17)18-8-6-16(26)7-9-18/h6-9,14-15,17H,3-5,10-13H2,1-2H3,(H,27,28). The summed E-state index contributed by atoms with van der Waals surface area (Å²) in [7, 11) is 3.33. The van der Waals surface area contributed by atoms with Gasteiger partial charge in [-0.2, -0.15) is 0 Å². The van der Waals surface area contributed by atoms with Crippen LogP contribution in [0.25, 0.3) is 10.9 Å². The number of hydrogen-bond acceptors (Lipinski definition) is 5. The zero-order valence-electron chi connectivity index (χ0n) is 18.1. The molecule has 5 rings (SSSR count). The molecule has 0 saturated carbocycles. The SMILES string of the molecule is COc1cc2nc3c(c(NC4CCN(c5ccc(F)cc5)CC4)c2cc1OC)CCC3. The molecule has 0 spiro atoms. The van der Waals surface area contributed by atoms with Crippen LogP contribution < -0.4 is 19.7 Å². The number of methoxy groups -OCH3 is 2. The van der Waals surface area contributed by atoms with E-state index in [4.69, 9.17) is 14.5 Å². The van der Waals surface area contributed by atoms with Crippen molar-refractivity contribution in [2.45, 2.75) is 38.1 Å². The van der Waals surface area contributed by atoms with Crippen LogP contribution in [0.3, 0.4) is 0 Å². The van der Waals surface area contributed by atoms with Gasteiger partial charge in [0, 0.05) is 47.7 Å². The van der Waals surface area contributed by atoms with E-state index in [1.807, 2.05) is 18.2 Å². The second-order valence-corrected chi connectivity index (χ2v) is 8.37. The molecule has 0 unspecified atom stereocenters. The highest BCUT2D eigenvalue weighted by Gasteiger charge is 2.25. The van der Waals surface area contributed by atoms with Gasteiger partial charge in [-0.15, -0.1) is 0 Å². The highest BCUT2D eigenvalue weighted by molar-refractivity contribution is 5.96. The van der Waals surface area contributed by atoms with Crippen LogP contribution in [0.4, 0.5) is 15.8 Å². The lowest BCUT2D eigenvalue weighted by molar-refractivity contribution is 0.356. The van der Waals surface area contributed by atoms with Crippen LogP contribution in [0.1, 0.15) is 30.5 Å². The van der Waals surface area contributed by atoms with E-state index in [-0.39, 0.29) is 5.82 Å². The number of fused-ring (bicyclic) bond motifs is 2. The van der Waals surface area contributed by atoms with E-state index in [9.17, 15) is 4.39 Å². The Morgan fingerprint density at radius 2 is 1.71 bits per heavy atom. The van der Waals surface area contributed by atoms with Crippen molar-refractivity contribution in [1.29, 1.82) is 0 Å². The van der Waals surface area contributed by atoms with Gasteiger partial charge in [-0.3, -0.25) is 4.98 Å². The number of ether oxygens (including phenoxy) is 2. The maximum absolute atomic E-state index is 13.2. The Labute approximate surface area is 182 Å². The number of halogens is 1. The number of pyridine rings is 1. The first kappa shape index (κ1) is 19.9. The van der Waals surface area contributed by atoms with Crippen LogP contribution in [0.2, 0.25) is 0 Å².